The van der Waals surface area contributed by atoms with Crippen LogP contribution in [0.5, 0.6) is 5.75 Å². The van der Waals surface area contributed by atoms with E-state index in [0.717, 1.165) is 6.07 Å². The molecule has 0 saturated carbocycles. The molecule has 0 radical (unpaired) electrons. The highest BCUT2D eigenvalue weighted by molar-refractivity contribution is 6.34. The van der Waals surface area contributed by atoms with E-state index in [1.165, 1.54) is 6.07 Å². The predicted molar refractivity (Wildman–Crippen MR) is 53.0 cm³/mol. The molecule has 0 unspecified atom stereocenters. The minimum absolute atomic E-state index is 0.134. The van der Waals surface area contributed by atoms with Crippen molar-refractivity contribution in [1.82, 2.24) is 0 Å². The third-order valence-corrected chi connectivity index (χ3v) is 2.34. The van der Waals surface area contributed by atoms with Crippen molar-refractivity contribution in [3.8, 4) is 5.75 Å². The van der Waals surface area contributed by atoms with Gasteiger partial charge in [0, 0.05) is 11.1 Å². The van der Waals surface area contributed by atoms with Gasteiger partial charge in [-0.1, -0.05) is 23.2 Å². The van der Waals surface area contributed by atoms with Crippen molar-refractivity contribution in [2.24, 2.45) is 0 Å². The lowest BCUT2D eigenvalue weighted by molar-refractivity contribution is -0.342. The van der Waals surface area contributed by atoms with E-state index in [-0.39, 0.29) is 5.02 Å². The summed E-state index contributed by atoms with van der Waals surface area (Å²) in [6.45, 7) is 0. The molecule has 1 nitrogen and oxygen atoms in total. The van der Waals surface area contributed by atoms with Gasteiger partial charge in [0.15, 0.2) is 0 Å². The minimum atomic E-state index is -5.65. The molecule has 102 valence electrons. The number of ether oxygens (including phenoxy) is 1. The monoisotopic (exact) mass is 312 g/mol. The van der Waals surface area contributed by atoms with Gasteiger partial charge in [0.05, 0.1) is 5.02 Å². The van der Waals surface area contributed by atoms with Gasteiger partial charge in [-0.2, -0.15) is 17.6 Å². The molecule has 0 aromatic heterocycles. The van der Waals surface area contributed by atoms with Crippen LogP contribution in [0, 0.1) is 0 Å². The molecule has 0 heterocycles. The highest BCUT2D eigenvalue weighted by Gasteiger charge is 2.66. The zero-order valence-electron chi connectivity index (χ0n) is 8.24. The third kappa shape index (κ3) is 2.95. The molecule has 0 atom stereocenters. The van der Waals surface area contributed by atoms with E-state index in [4.69, 9.17) is 23.2 Å². The SMILES string of the molecule is FC(F)C(F)(F)C(F)(F)Oc1cc(Cl)ccc1Cl. The number of halogens is 8. The van der Waals surface area contributed by atoms with Crippen molar-refractivity contribution >= 4 is 23.2 Å². The first-order valence-corrected chi connectivity index (χ1v) is 5.01. The van der Waals surface area contributed by atoms with Crippen molar-refractivity contribution in [3.63, 3.8) is 0 Å². The smallest absolute Gasteiger partial charge is 0.426 e. The van der Waals surface area contributed by atoms with Crippen LogP contribution < -0.4 is 4.74 Å². The van der Waals surface area contributed by atoms with Gasteiger partial charge in [-0.05, 0) is 12.1 Å². The second-order valence-corrected chi connectivity index (χ2v) is 3.96. The molecule has 0 aliphatic heterocycles. The van der Waals surface area contributed by atoms with Gasteiger partial charge < -0.3 is 4.74 Å². The van der Waals surface area contributed by atoms with Crippen molar-refractivity contribution in [2.45, 2.75) is 18.5 Å². The molecule has 9 heteroatoms. The number of benzene rings is 1. The Labute approximate surface area is 107 Å². The molecular formula is C9H4Cl2F6O. The number of hydrogen-bond donors (Lipinski definition) is 0. The zero-order chi connectivity index (χ0) is 14.1. The Morgan fingerprint density at radius 1 is 1.06 bits per heavy atom. The van der Waals surface area contributed by atoms with Gasteiger partial charge >= 0.3 is 18.5 Å². The van der Waals surface area contributed by atoms with E-state index in [0.29, 0.717) is 6.07 Å². The van der Waals surface area contributed by atoms with E-state index < -0.39 is 29.2 Å². The molecule has 0 saturated heterocycles. The summed E-state index contributed by atoms with van der Waals surface area (Å²) in [6, 6.07) is 2.88. The van der Waals surface area contributed by atoms with Gasteiger partial charge in [0.1, 0.15) is 5.75 Å². The highest BCUT2D eigenvalue weighted by Crippen LogP contribution is 2.42. The van der Waals surface area contributed by atoms with Crippen LogP contribution in [0.3, 0.4) is 0 Å². The van der Waals surface area contributed by atoms with Gasteiger partial charge in [0.2, 0.25) is 0 Å². The molecule has 0 amide bonds. The van der Waals surface area contributed by atoms with Gasteiger partial charge in [-0.15, -0.1) is 0 Å². The molecular weight excluding hydrogens is 309 g/mol. The van der Waals surface area contributed by atoms with E-state index in [1.807, 2.05) is 0 Å². The lowest BCUT2D eigenvalue weighted by atomic mass is 10.3. The van der Waals surface area contributed by atoms with Crippen LogP contribution in [0.2, 0.25) is 10.0 Å². The standard InChI is InChI=1S/C9H4Cl2F6O/c10-4-1-2-5(11)6(3-4)18-9(16,17)8(14,15)7(12)13/h1-3,7H. The summed E-state index contributed by atoms with van der Waals surface area (Å²) in [5, 5.41) is -0.602. The summed E-state index contributed by atoms with van der Waals surface area (Å²) in [4.78, 5) is 0. The molecule has 0 spiro atoms. The first-order valence-electron chi connectivity index (χ1n) is 4.26. The Kier molecular flexibility index (Phi) is 4.27. The van der Waals surface area contributed by atoms with Gasteiger partial charge in [0.25, 0.3) is 0 Å². The Bertz CT molecular complexity index is 437. The largest absolute Gasteiger partial charge is 0.470 e. The highest BCUT2D eigenvalue weighted by atomic mass is 35.5. The van der Waals surface area contributed by atoms with E-state index in [1.54, 1.807) is 0 Å². The molecule has 0 bridgehead atoms. The van der Waals surface area contributed by atoms with Gasteiger partial charge in [-0.3, -0.25) is 0 Å². The summed E-state index contributed by atoms with van der Waals surface area (Å²) >= 11 is 10.8. The van der Waals surface area contributed by atoms with Crippen LogP contribution in [0.4, 0.5) is 26.3 Å². The Hall–Kier alpha value is -0.820. The van der Waals surface area contributed by atoms with Gasteiger partial charge in [-0.25, -0.2) is 8.78 Å². The lowest BCUT2D eigenvalue weighted by Crippen LogP contribution is -2.50. The maximum atomic E-state index is 12.9. The van der Waals surface area contributed by atoms with Crippen molar-refractivity contribution in [2.75, 3.05) is 0 Å². The predicted octanol–water partition coefficient (Wildman–Crippen LogP) is 4.87. The van der Waals surface area contributed by atoms with Crippen molar-refractivity contribution in [1.29, 1.82) is 0 Å². The minimum Gasteiger partial charge on any atom is -0.426 e. The zero-order valence-corrected chi connectivity index (χ0v) is 9.75. The fourth-order valence-corrected chi connectivity index (χ4v) is 1.21. The molecule has 1 aromatic rings. The Morgan fingerprint density at radius 3 is 2.11 bits per heavy atom. The number of alkyl halides is 6. The molecule has 0 N–H and O–H groups in total. The first kappa shape index (κ1) is 15.2. The van der Waals surface area contributed by atoms with Crippen LogP contribution in [0.15, 0.2) is 18.2 Å². The summed E-state index contributed by atoms with van der Waals surface area (Å²) in [5.74, 6) is -6.58. The van der Waals surface area contributed by atoms with Crippen LogP contribution in [-0.2, 0) is 0 Å². The molecule has 0 fully saturated rings. The average Bonchev–Trinajstić information content (AvgIpc) is 2.22. The van der Waals surface area contributed by atoms with Crippen LogP contribution in [0.1, 0.15) is 0 Å². The quantitative estimate of drug-likeness (QED) is 0.721. The van der Waals surface area contributed by atoms with Crippen LogP contribution in [-0.4, -0.2) is 18.5 Å². The molecule has 0 aliphatic carbocycles. The molecule has 0 aliphatic rings. The Morgan fingerprint density at radius 2 is 1.61 bits per heavy atom. The van der Waals surface area contributed by atoms with E-state index in [2.05, 4.69) is 4.74 Å². The fourth-order valence-electron chi connectivity index (χ4n) is 0.889. The summed E-state index contributed by atoms with van der Waals surface area (Å²) in [7, 11) is 0. The maximum absolute atomic E-state index is 12.9. The van der Waals surface area contributed by atoms with Crippen LogP contribution in [0.25, 0.3) is 0 Å². The van der Waals surface area contributed by atoms with Crippen molar-refractivity contribution < 1.29 is 31.1 Å². The second-order valence-electron chi connectivity index (χ2n) is 3.12. The third-order valence-electron chi connectivity index (χ3n) is 1.79. The lowest BCUT2D eigenvalue weighted by Gasteiger charge is -2.26. The van der Waals surface area contributed by atoms with Crippen LogP contribution >= 0.6 is 23.2 Å². The molecule has 18 heavy (non-hydrogen) atoms. The van der Waals surface area contributed by atoms with E-state index >= 15 is 0 Å². The maximum Gasteiger partial charge on any atom is 0.470 e. The van der Waals surface area contributed by atoms with Crippen molar-refractivity contribution in [3.05, 3.63) is 28.2 Å². The summed E-state index contributed by atoms with van der Waals surface area (Å²) in [5.41, 5.74) is 0. The summed E-state index contributed by atoms with van der Waals surface area (Å²) < 4.78 is 78.1. The first-order chi connectivity index (χ1) is 8.08. The Balaban J connectivity index is 3.05. The fraction of sp³-hybridized carbons (Fsp3) is 0.333. The van der Waals surface area contributed by atoms with E-state index in [9.17, 15) is 26.3 Å². The average molecular weight is 313 g/mol. The molecule has 1 aromatic carbocycles. The summed E-state index contributed by atoms with van der Waals surface area (Å²) in [6.07, 6.45) is -10.0. The molecule has 1 rings (SSSR count). The second kappa shape index (κ2) is 5.05. The number of rotatable bonds is 4. The normalized spacial score (nSPS) is 12.9. The number of hydrogen-bond acceptors (Lipinski definition) is 1. The topological polar surface area (TPSA) is 9.23 Å².